The predicted molar refractivity (Wildman–Crippen MR) is 132 cm³/mol. The van der Waals surface area contributed by atoms with E-state index in [4.69, 9.17) is 22.3 Å². The molecule has 0 saturated carbocycles. The van der Waals surface area contributed by atoms with Gasteiger partial charge in [-0.2, -0.15) is 0 Å². The number of rotatable bonds is 5. The van der Waals surface area contributed by atoms with Gasteiger partial charge < -0.3 is 15.3 Å². The van der Waals surface area contributed by atoms with Crippen molar-refractivity contribution in [3.63, 3.8) is 0 Å². The van der Waals surface area contributed by atoms with Gasteiger partial charge in [-0.25, -0.2) is 4.98 Å². The van der Waals surface area contributed by atoms with E-state index < -0.39 is 0 Å². The van der Waals surface area contributed by atoms with Crippen LogP contribution < -0.4 is 11.3 Å². The number of nitrogens with zero attached hydrogens (tertiary/aromatic N) is 2. The first kappa shape index (κ1) is 20.5. The van der Waals surface area contributed by atoms with Crippen LogP contribution in [-0.2, 0) is 6.54 Å². The maximum atomic E-state index is 13.3. The number of hydrogen-bond donors (Lipinski definition) is 2. The van der Waals surface area contributed by atoms with Crippen molar-refractivity contribution < 1.29 is 0 Å². The van der Waals surface area contributed by atoms with Gasteiger partial charge in [-0.3, -0.25) is 4.79 Å². The Hall–Kier alpha value is -3.41. The van der Waals surface area contributed by atoms with Crippen LogP contribution in [0.25, 0.3) is 44.5 Å². The fourth-order valence-corrected chi connectivity index (χ4v) is 4.48. The van der Waals surface area contributed by atoms with Crippen LogP contribution in [0.4, 0.5) is 0 Å². The minimum absolute atomic E-state index is 0.205. The van der Waals surface area contributed by atoms with Crippen molar-refractivity contribution in [2.75, 3.05) is 6.54 Å². The second-order valence-electron chi connectivity index (χ2n) is 7.93. The summed E-state index contributed by atoms with van der Waals surface area (Å²) in [6.45, 7) is 3.28. The lowest BCUT2D eigenvalue weighted by atomic mass is 10.0. The molecule has 0 aliphatic heterocycles. The molecule has 160 valence electrons. The molecule has 32 heavy (non-hydrogen) atoms. The van der Waals surface area contributed by atoms with Gasteiger partial charge in [0.1, 0.15) is 5.69 Å². The molecule has 0 atom stereocenters. The Morgan fingerprint density at radius 2 is 1.81 bits per heavy atom. The van der Waals surface area contributed by atoms with Crippen molar-refractivity contribution in [3.8, 4) is 22.5 Å². The molecule has 0 amide bonds. The van der Waals surface area contributed by atoms with Gasteiger partial charge in [-0.15, -0.1) is 0 Å². The summed E-state index contributed by atoms with van der Waals surface area (Å²) in [6.07, 6.45) is 0.819. The molecule has 0 spiro atoms. The highest BCUT2D eigenvalue weighted by Crippen LogP contribution is 2.40. The van der Waals surface area contributed by atoms with Crippen LogP contribution in [0.2, 0.25) is 5.02 Å². The third-order valence-corrected chi connectivity index (χ3v) is 6.10. The van der Waals surface area contributed by atoms with Crippen molar-refractivity contribution in [1.82, 2.24) is 14.5 Å². The summed E-state index contributed by atoms with van der Waals surface area (Å²) >= 11 is 6.17. The van der Waals surface area contributed by atoms with Crippen molar-refractivity contribution in [2.24, 2.45) is 5.73 Å². The number of aromatic amines is 1. The fraction of sp³-hybridized carbons (Fsp3) is 0.154. The van der Waals surface area contributed by atoms with Gasteiger partial charge in [0.25, 0.3) is 5.56 Å². The summed E-state index contributed by atoms with van der Waals surface area (Å²) < 4.78 is 2.24. The van der Waals surface area contributed by atoms with Crippen LogP contribution in [0.1, 0.15) is 12.0 Å². The molecular weight excluding hydrogens is 420 g/mol. The molecule has 2 heterocycles. The highest BCUT2D eigenvalue weighted by molar-refractivity contribution is 6.30. The van der Waals surface area contributed by atoms with Gasteiger partial charge in [-0.1, -0.05) is 54.1 Å². The predicted octanol–water partition coefficient (Wildman–Crippen LogP) is 5.52. The van der Waals surface area contributed by atoms with Crippen LogP contribution in [0.5, 0.6) is 0 Å². The Kier molecular flexibility index (Phi) is 5.29. The number of aromatic nitrogens is 3. The molecule has 0 fully saturated rings. The molecule has 3 N–H and O–H groups in total. The van der Waals surface area contributed by atoms with Crippen LogP contribution in [0.15, 0.2) is 71.5 Å². The average Bonchev–Trinajstić information content (AvgIpc) is 3.12. The van der Waals surface area contributed by atoms with Crippen LogP contribution in [0, 0.1) is 6.92 Å². The van der Waals surface area contributed by atoms with E-state index in [-0.39, 0.29) is 5.56 Å². The highest BCUT2D eigenvalue weighted by atomic mass is 35.5. The SMILES string of the molecule is Cc1cccc2nc(-c3c(-c4ccc(Cl)cc4)n(CCCN)c4ccccc34)c(=O)[nH]c12. The molecular formula is C26H23ClN4O. The van der Waals surface area contributed by atoms with Crippen molar-refractivity contribution in [3.05, 3.63) is 87.7 Å². The molecule has 6 heteroatoms. The number of fused-ring (bicyclic) bond motifs is 2. The molecule has 2 aromatic heterocycles. The second-order valence-corrected chi connectivity index (χ2v) is 8.36. The zero-order chi connectivity index (χ0) is 22.2. The van der Waals surface area contributed by atoms with Gasteiger partial charge in [0.15, 0.2) is 0 Å². The van der Waals surface area contributed by atoms with Crippen molar-refractivity contribution >= 4 is 33.5 Å². The van der Waals surface area contributed by atoms with Crippen molar-refractivity contribution in [1.29, 1.82) is 0 Å². The average molecular weight is 443 g/mol. The normalized spacial score (nSPS) is 11.5. The lowest BCUT2D eigenvalue weighted by Gasteiger charge is -2.13. The fourth-order valence-electron chi connectivity index (χ4n) is 4.35. The molecule has 0 aliphatic rings. The maximum absolute atomic E-state index is 13.3. The molecule has 5 nitrogen and oxygen atoms in total. The Morgan fingerprint density at radius 1 is 1.03 bits per heavy atom. The molecule has 5 aromatic rings. The van der Waals surface area contributed by atoms with Gasteiger partial charge in [0, 0.05) is 28.0 Å². The number of aryl methyl sites for hydroxylation is 2. The molecule has 0 unspecified atom stereocenters. The molecule has 0 aliphatic carbocycles. The van der Waals surface area contributed by atoms with Crippen LogP contribution >= 0.6 is 11.6 Å². The highest BCUT2D eigenvalue weighted by Gasteiger charge is 2.23. The summed E-state index contributed by atoms with van der Waals surface area (Å²) in [7, 11) is 0. The number of benzene rings is 3. The van der Waals surface area contributed by atoms with E-state index in [1.165, 1.54) is 0 Å². The maximum Gasteiger partial charge on any atom is 0.275 e. The van der Waals surface area contributed by atoms with E-state index in [1.54, 1.807) is 0 Å². The quantitative estimate of drug-likeness (QED) is 0.376. The third kappa shape index (κ3) is 3.40. The largest absolute Gasteiger partial charge is 0.340 e. The smallest absolute Gasteiger partial charge is 0.275 e. The standard InChI is InChI=1S/C26H23ClN4O/c1-16-6-4-8-20-23(16)30-26(32)24(29-20)22-19-7-2-3-9-21(19)31(15-5-14-28)25(22)17-10-12-18(27)13-11-17/h2-4,6-13H,5,14-15,28H2,1H3,(H,30,32). The Bertz CT molecular complexity index is 1500. The zero-order valence-electron chi connectivity index (χ0n) is 17.7. The first-order valence-corrected chi connectivity index (χ1v) is 11.0. The van der Waals surface area contributed by atoms with Crippen LogP contribution in [-0.4, -0.2) is 21.1 Å². The summed E-state index contributed by atoms with van der Waals surface area (Å²) in [6, 6.07) is 21.7. The Balaban J connectivity index is 1.90. The lowest BCUT2D eigenvalue weighted by molar-refractivity contribution is 0.676. The van der Waals surface area contributed by atoms with Gasteiger partial charge in [-0.05, 0) is 55.3 Å². The molecule has 0 radical (unpaired) electrons. The number of nitrogens with one attached hydrogen (secondary N) is 1. The summed E-state index contributed by atoms with van der Waals surface area (Å²) in [5, 5.41) is 1.65. The molecule has 0 bridgehead atoms. The van der Waals surface area contributed by atoms with Crippen molar-refractivity contribution in [2.45, 2.75) is 19.9 Å². The van der Waals surface area contributed by atoms with Gasteiger partial charge in [0.05, 0.1) is 16.7 Å². The topological polar surface area (TPSA) is 76.7 Å². The van der Waals surface area contributed by atoms with E-state index in [9.17, 15) is 4.79 Å². The zero-order valence-corrected chi connectivity index (χ0v) is 18.5. The number of para-hydroxylation sites is 2. The van der Waals surface area contributed by atoms with E-state index in [0.29, 0.717) is 17.3 Å². The monoisotopic (exact) mass is 442 g/mol. The molecule has 5 rings (SSSR count). The van der Waals surface area contributed by atoms with E-state index in [1.807, 2.05) is 67.6 Å². The third-order valence-electron chi connectivity index (χ3n) is 5.85. The van der Waals surface area contributed by atoms with Gasteiger partial charge in [0.2, 0.25) is 0 Å². The second kappa shape index (κ2) is 8.26. The van der Waals surface area contributed by atoms with E-state index >= 15 is 0 Å². The minimum atomic E-state index is -0.205. The van der Waals surface area contributed by atoms with E-state index in [0.717, 1.165) is 57.3 Å². The number of halogens is 1. The van der Waals surface area contributed by atoms with Crippen LogP contribution in [0.3, 0.4) is 0 Å². The Labute approximate surface area is 190 Å². The first-order valence-electron chi connectivity index (χ1n) is 10.7. The molecule has 3 aromatic carbocycles. The Morgan fingerprint density at radius 3 is 2.59 bits per heavy atom. The van der Waals surface area contributed by atoms with E-state index in [2.05, 4.69) is 15.6 Å². The number of H-pyrrole nitrogens is 1. The number of hydrogen-bond acceptors (Lipinski definition) is 3. The summed E-state index contributed by atoms with van der Waals surface area (Å²) in [5.41, 5.74) is 12.4. The molecule has 0 saturated heterocycles. The number of nitrogens with two attached hydrogens (primary N) is 1. The van der Waals surface area contributed by atoms with Gasteiger partial charge >= 0.3 is 0 Å². The summed E-state index contributed by atoms with van der Waals surface area (Å²) in [4.78, 5) is 21.2. The minimum Gasteiger partial charge on any atom is -0.340 e. The lowest BCUT2D eigenvalue weighted by Crippen LogP contribution is -2.13. The first-order chi connectivity index (χ1) is 15.6. The summed E-state index contributed by atoms with van der Waals surface area (Å²) in [5.74, 6) is 0.